The van der Waals surface area contributed by atoms with Gasteiger partial charge in [-0.05, 0) is 50.2 Å². The van der Waals surface area contributed by atoms with E-state index in [0.717, 1.165) is 0 Å². The predicted octanol–water partition coefficient (Wildman–Crippen LogP) is 4.97. The Morgan fingerprint density at radius 3 is 2.41 bits per heavy atom. The fraction of sp³-hybridized carbons (Fsp3) is 0.200. The van der Waals surface area contributed by atoms with Crippen LogP contribution in [-0.2, 0) is 6.61 Å². The summed E-state index contributed by atoms with van der Waals surface area (Å²) in [7, 11) is 0. The van der Waals surface area contributed by atoms with Crippen molar-refractivity contribution in [3.8, 4) is 17.2 Å². The lowest BCUT2D eigenvalue weighted by atomic mass is 10.2. The average molecular weight is 436 g/mol. The van der Waals surface area contributed by atoms with Gasteiger partial charge in [-0.1, -0.05) is 30.3 Å². The highest BCUT2D eigenvalue weighted by molar-refractivity contribution is 5.95. The van der Waals surface area contributed by atoms with Gasteiger partial charge in [-0.3, -0.25) is 4.79 Å². The summed E-state index contributed by atoms with van der Waals surface area (Å²) in [6.07, 6.45) is 1.48. The van der Waals surface area contributed by atoms with E-state index in [1.807, 2.05) is 26.0 Å². The molecule has 166 valence electrons. The number of hydrogen-bond donors (Lipinski definition) is 1. The number of ether oxygens (including phenoxy) is 3. The first-order chi connectivity index (χ1) is 15.6. The minimum Gasteiger partial charge on any atom is -0.490 e. The van der Waals surface area contributed by atoms with Crippen LogP contribution in [0.25, 0.3) is 0 Å². The fourth-order valence-electron chi connectivity index (χ4n) is 2.91. The van der Waals surface area contributed by atoms with E-state index in [9.17, 15) is 9.18 Å². The molecule has 0 aromatic heterocycles. The van der Waals surface area contributed by atoms with Crippen molar-refractivity contribution in [2.75, 3.05) is 13.2 Å². The summed E-state index contributed by atoms with van der Waals surface area (Å²) in [5, 5.41) is 4.03. The van der Waals surface area contributed by atoms with Gasteiger partial charge in [0, 0.05) is 16.7 Å². The van der Waals surface area contributed by atoms with Crippen LogP contribution in [0, 0.1) is 5.82 Å². The number of halogens is 1. The normalized spacial score (nSPS) is 10.7. The van der Waals surface area contributed by atoms with E-state index < -0.39 is 5.91 Å². The second-order valence-electron chi connectivity index (χ2n) is 6.64. The van der Waals surface area contributed by atoms with Crippen molar-refractivity contribution in [2.45, 2.75) is 20.5 Å². The summed E-state index contributed by atoms with van der Waals surface area (Å²) >= 11 is 0. The molecule has 3 rings (SSSR count). The van der Waals surface area contributed by atoms with E-state index in [2.05, 4.69) is 10.5 Å². The molecule has 3 aromatic carbocycles. The van der Waals surface area contributed by atoms with Gasteiger partial charge in [0.15, 0.2) is 11.5 Å². The van der Waals surface area contributed by atoms with Crippen molar-refractivity contribution in [1.29, 1.82) is 0 Å². The van der Waals surface area contributed by atoms with E-state index in [-0.39, 0.29) is 12.4 Å². The molecule has 0 aliphatic heterocycles. The molecule has 0 aliphatic rings. The molecule has 0 bridgehead atoms. The van der Waals surface area contributed by atoms with Gasteiger partial charge in [-0.2, -0.15) is 5.10 Å². The highest BCUT2D eigenvalue weighted by Crippen LogP contribution is 2.28. The SMILES string of the molecule is CCOc1ccc(C(=O)N/N=C/c2ccccc2OCc2ccccc2F)cc1OCC. The number of carbonyl (C=O) groups is 1. The van der Waals surface area contributed by atoms with Gasteiger partial charge in [0.2, 0.25) is 0 Å². The van der Waals surface area contributed by atoms with Crippen molar-refractivity contribution in [1.82, 2.24) is 5.43 Å². The molecule has 0 fully saturated rings. The molecular formula is C25H25FN2O4. The smallest absolute Gasteiger partial charge is 0.271 e. The van der Waals surface area contributed by atoms with Crippen molar-refractivity contribution in [3.05, 3.63) is 89.2 Å². The number of benzene rings is 3. The van der Waals surface area contributed by atoms with Crippen molar-refractivity contribution < 1.29 is 23.4 Å². The van der Waals surface area contributed by atoms with Crippen LogP contribution in [0.5, 0.6) is 17.2 Å². The maximum Gasteiger partial charge on any atom is 0.271 e. The van der Waals surface area contributed by atoms with Gasteiger partial charge in [0.05, 0.1) is 19.4 Å². The molecule has 0 radical (unpaired) electrons. The quantitative estimate of drug-likeness (QED) is 0.360. The molecule has 0 saturated heterocycles. The molecule has 0 saturated carbocycles. The number of rotatable bonds is 10. The Hall–Kier alpha value is -3.87. The highest BCUT2D eigenvalue weighted by Gasteiger charge is 2.11. The molecule has 1 N–H and O–H groups in total. The number of hydrazone groups is 1. The monoisotopic (exact) mass is 436 g/mol. The van der Waals surface area contributed by atoms with Crippen LogP contribution >= 0.6 is 0 Å². The van der Waals surface area contributed by atoms with Gasteiger partial charge < -0.3 is 14.2 Å². The standard InChI is InChI=1S/C25H25FN2O4/c1-3-30-23-14-13-18(15-24(23)31-4-2)25(29)28-27-16-19-9-6-8-12-22(19)32-17-20-10-5-7-11-21(20)26/h5-16H,3-4,17H2,1-2H3,(H,28,29)/b27-16+. The molecule has 7 heteroatoms. The maximum atomic E-state index is 13.8. The largest absolute Gasteiger partial charge is 0.490 e. The van der Waals surface area contributed by atoms with Crippen LogP contribution in [0.3, 0.4) is 0 Å². The molecule has 1 amide bonds. The Kier molecular flexibility index (Phi) is 8.20. The highest BCUT2D eigenvalue weighted by atomic mass is 19.1. The van der Waals surface area contributed by atoms with Gasteiger partial charge >= 0.3 is 0 Å². The van der Waals surface area contributed by atoms with Gasteiger partial charge in [0.1, 0.15) is 18.2 Å². The summed E-state index contributed by atoms with van der Waals surface area (Å²) in [5.74, 6) is 0.879. The molecule has 0 heterocycles. The second kappa shape index (κ2) is 11.5. The third-order valence-corrected chi connectivity index (χ3v) is 4.44. The first-order valence-electron chi connectivity index (χ1n) is 10.3. The van der Waals surface area contributed by atoms with Crippen LogP contribution in [0.1, 0.15) is 35.3 Å². The zero-order valence-electron chi connectivity index (χ0n) is 18.0. The van der Waals surface area contributed by atoms with E-state index in [4.69, 9.17) is 14.2 Å². The Labute approximate surface area is 186 Å². The lowest BCUT2D eigenvalue weighted by Gasteiger charge is -2.12. The molecule has 0 atom stereocenters. The van der Waals surface area contributed by atoms with Crippen LogP contribution in [0.4, 0.5) is 4.39 Å². The summed E-state index contributed by atoms with van der Waals surface area (Å²) in [6, 6.07) is 18.6. The second-order valence-corrected chi connectivity index (χ2v) is 6.64. The number of amides is 1. The number of carbonyl (C=O) groups excluding carboxylic acids is 1. The Morgan fingerprint density at radius 1 is 0.906 bits per heavy atom. The topological polar surface area (TPSA) is 69.2 Å². The molecule has 0 aliphatic carbocycles. The lowest BCUT2D eigenvalue weighted by molar-refractivity contribution is 0.0954. The minimum atomic E-state index is -0.394. The lowest BCUT2D eigenvalue weighted by Crippen LogP contribution is -2.18. The van der Waals surface area contributed by atoms with Crippen molar-refractivity contribution in [3.63, 3.8) is 0 Å². The van der Waals surface area contributed by atoms with Crippen LogP contribution in [0.15, 0.2) is 71.8 Å². The first-order valence-corrected chi connectivity index (χ1v) is 10.3. The summed E-state index contributed by atoms with van der Waals surface area (Å²) in [6.45, 7) is 4.76. The van der Waals surface area contributed by atoms with Crippen molar-refractivity contribution >= 4 is 12.1 Å². The van der Waals surface area contributed by atoms with E-state index >= 15 is 0 Å². The molecule has 0 spiro atoms. The minimum absolute atomic E-state index is 0.0796. The molecule has 3 aromatic rings. The number of nitrogens with zero attached hydrogens (tertiary/aromatic N) is 1. The van der Waals surface area contributed by atoms with Crippen LogP contribution in [0.2, 0.25) is 0 Å². The Morgan fingerprint density at radius 2 is 1.62 bits per heavy atom. The van der Waals surface area contributed by atoms with Crippen LogP contribution < -0.4 is 19.6 Å². The third kappa shape index (κ3) is 6.07. The fourth-order valence-corrected chi connectivity index (χ4v) is 2.91. The number of para-hydroxylation sites is 1. The van der Waals surface area contributed by atoms with Crippen LogP contribution in [-0.4, -0.2) is 25.3 Å². The van der Waals surface area contributed by atoms with E-state index in [1.54, 1.807) is 48.5 Å². The van der Waals surface area contributed by atoms with Gasteiger partial charge in [-0.15, -0.1) is 0 Å². The summed E-state index contributed by atoms with van der Waals surface area (Å²) in [5.41, 5.74) is 3.98. The zero-order chi connectivity index (χ0) is 22.8. The maximum absolute atomic E-state index is 13.8. The summed E-state index contributed by atoms with van der Waals surface area (Å²) in [4.78, 5) is 12.5. The average Bonchev–Trinajstić information content (AvgIpc) is 2.80. The zero-order valence-corrected chi connectivity index (χ0v) is 18.0. The number of nitrogens with one attached hydrogen (secondary N) is 1. The molecule has 6 nitrogen and oxygen atoms in total. The first kappa shape index (κ1) is 22.8. The molecular weight excluding hydrogens is 411 g/mol. The van der Waals surface area contributed by atoms with Crippen molar-refractivity contribution in [2.24, 2.45) is 5.10 Å². The molecule has 32 heavy (non-hydrogen) atoms. The van der Waals surface area contributed by atoms with E-state index in [1.165, 1.54) is 12.3 Å². The number of hydrogen-bond acceptors (Lipinski definition) is 5. The van der Waals surface area contributed by atoms with Gasteiger partial charge in [-0.25, -0.2) is 9.82 Å². The Balaban J connectivity index is 1.66. The Bertz CT molecular complexity index is 1090. The van der Waals surface area contributed by atoms with E-state index in [0.29, 0.717) is 47.2 Å². The third-order valence-electron chi connectivity index (χ3n) is 4.44. The predicted molar refractivity (Wildman–Crippen MR) is 121 cm³/mol. The molecule has 0 unspecified atom stereocenters. The summed E-state index contributed by atoms with van der Waals surface area (Å²) < 4.78 is 30.6. The van der Waals surface area contributed by atoms with Gasteiger partial charge in [0.25, 0.3) is 5.91 Å².